The molecule has 0 amide bonds. The van der Waals surface area contributed by atoms with Crippen LogP contribution >= 0.6 is 0 Å². The Morgan fingerprint density at radius 1 is 1.40 bits per heavy atom. The number of halogens is 1. The monoisotopic (exact) mass is 207 g/mol. The molecule has 1 aliphatic rings. The van der Waals surface area contributed by atoms with Gasteiger partial charge in [0.15, 0.2) is 0 Å². The molecule has 82 valence electrons. The standard InChI is InChI=1S/C13H18FN/c1-2-3-7-13(9-15-10-13)11-5-4-6-12(14)8-11/h4-6,8,15H,2-3,7,9-10H2,1H3. The summed E-state index contributed by atoms with van der Waals surface area (Å²) in [7, 11) is 0. The van der Waals surface area contributed by atoms with Crippen LogP contribution in [0.5, 0.6) is 0 Å². The average Bonchev–Trinajstić information content (AvgIpc) is 2.16. The van der Waals surface area contributed by atoms with Crippen LogP contribution in [0.25, 0.3) is 0 Å². The SMILES string of the molecule is CCCCC1(c2cccc(F)c2)CNC1. The quantitative estimate of drug-likeness (QED) is 0.800. The third-order valence-electron chi connectivity index (χ3n) is 3.37. The van der Waals surface area contributed by atoms with E-state index in [0.29, 0.717) is 0 Å². The van der Waals surface area contributed by atoms with Gasteiger partial charge in [0.05, 0.1) is 0 Å². The first-order valence-electron chi connectivity index (χ1n) is 5.74. The van der Waals surface area contributed by atoms with E-state index in [-0.39, 0.29) is 11.2 Å². The van der Waals surface area contributed by atoms with E-state index in [2.05, 4.69) is 18.3 Å². The highest BCUT2D eigenvalue weighted by Gasteiger charge is 2.37. The van der Waals surface area contributed by atoms with E-state index in [1.807, 2.05) is 6.07 Å². The van der Waals surface area contributed by atoms with Gasteiger partial charge in [-0.25, -0.2) is 4.39 Å². The molecule has 1 fully saturated rings. The highest BCUT2D eigenvalue weighted by atomic mass is 19.1. The van der Waals surface area contributed by atoms with E-state index in [9.17, 15) is 4.39 Å². The first-order valence-corrected chi connectivity index (χ1v) is 5.74. The Balaban J connectivity index is 2.18. The van der Waals surface area contributed by atoms with Crippen LogP contribution in [0, 0.1) is 5.82 Å². The Kier molecular flexibility index (Phi) is 3.06. The summed E-state index contributed by atoms with van der Waals surface area (Å²) < 4.78 is 13.2. The van der Waals surface area contributed by atoms with E-state index >= 15 is 0 Å². The van der Waals surface area contributed by atoms with Crippen molar-refractivity contribution >= 4 is 0 Å². The lowest BCUT2D eigenvalue weighted by atomic mass is 9.72. The van der Waals surface area contributed by atoms with Crippen molar-refractivity contribution in [1.29, 1.82) is 0 Å². The van der Waals surface area contributed by atoms with Crippen molar-refractivity contribution in [3.05, 3.63) is 35.6 Å². The van der Waals surface area contributed by atoms with Gasteiger partial charge < -0.3 is 5.32 Å². The minimum Gasteiger partial charge on any atom is -0.315 e. The highest BCUT2D eigenvalue weighted by Crippen LogP contribution is 2.34. The van der Waals surface area contributed by atoms with Gasteiger partial charge in [-0.1, -0.05) is 31.9 Å². The van der Waals surface area contributed by atoms with Crippen LogP contribution in [0.3, 0.4) is 0 Å². The summed E-state index contributed by atoms with van der Waals surface area (Å²) in [6, 6.07) is 7.08. The zero-order chi connectivity index (χ0) is 10.7. The van der Waals surface area contributed by atoms with Gasteiger partial charge in [-0.2, -0.15) is 0 Å². The predicted molar refractivity (Wildman–Crippen MR) is 60.5 cm³/mol. The van der Waals surface area contributed by atoms with Crippen molar-refractivity contribution in [2.24, 2.45) is 0 Å². The Hall–Kier alpha value is -0.890. The molecule has 0 spiro atoms. The van der Waals surface area contributed by atoms with E-state index in [0.717, 1.165) is 18.7 Å². The van der Waals surface area contributed by atoms with Crippen LogP contribution in [-0.2, 0) is 5.41 Å². The van der Waals surface area contributed by atoms with Gasteiger partial charge in [-0.05, 0) is 24.1 Å². The topological polar surface area (TPSA) is 12.0 Å². The van der Waals surface area contributed by atoms with Gasteiger partial charge in [0.1, 0.15) is 5.82 Å². The molecule has 0 bridgehead atoms. The second-order valence-corrected chi connectivity index (χ2v) is 4.50. The fourth-order valence-electron chi connectivity index (χ4n) is 2.29. The van der Waals surface area contributed by atoms with E-state index in [1.165, 1.54) is 25.3 Å². The van der Waals surface area contributed by atoms with E-state index in [1.54, 1.807) is 6.07 Å². The molecule has 1 nitrogen and oxygen atoms in total. The van der Waals surface area contributed by atoms with Crippen molar-refractivity contribution < 1.29 is 4.39 Å². The molecule has 1 saturated heterocycles. The largest absolute Gasteiger partial charge is 0.315 e. The van der Waals surface area contributed by atoms with Crippen LogP contribution in [0.1, 0.15) is 31.7 Å². The van der Waals surface area contributed by atoms with Crippen molar-refractivity contribution in [2.75, 3.05) is 13.1 Å². The van der Waals surface area contributed by atoms with Crippen LogP contribution in [0.4, 0.5) is 4.39 Å². The van der Waals surface area contributed by atoms with E-state index < -0.39 is 0 Å². The maximum Gasteiger partial charge on any atom is 0.123 e. The molecule has 0 atom stereocenters. The van der Waals surface area contributed by atoms with Gasteiger partial charge in [0.2, 0.25) is 0 Å². The molecule has 0 aliphatic carbocycles. The number of rotatable bonds is 4. The maximum atomic E-state index is 13.2. The number of nitrogens with one attached hydrogen (secondary N) is 1. The molecule has 15 heavy (non-hydrogen) atoms. The Labute approximate surface area is 90.7 Å². The maximum absolute atomic E-state index is 13.2. The van der Waals surface area contributed by atoms with Crippen LogP contribution < -0.4 is 5.32 Å². The van der Waals surface area contributed by atoms with Crippen LogP contribution in [0.15, 0.2) is 24.3 Å². The molecular weight excluding hydrogens is 189 g/mol. The molecule has 1 N–H and O–H groups in total. The summed E-state index contributed by atoms with van der Waals surface area (Å²) in [6.07, 6.45) is 3.59. The van der Waals surface area contributed by atoms with Gasteiger partial charge in [0.25, 0.3) is 0 Å². The minimum absolute atomic E-state index is 0.115. The van der Waals surface area contributed by atoms with Crippen molar-refractivity contribution in [1.82, 2.24) is 5.32 Å². The minimum atomic E-state index is -0.115. The highest BCUT2D eigenvalue weighted by molar-refractivity contribution is 5.30. The Morgan fingerprint density at radius 3 is 2.73 bits per heavy atom. The van der Waals surface area contributed by atoms with Crippen molar-refractivity contribution in [3.8, 4) is 0 Å². The molecular formula is C13H18FN. The first-order chi connectivity index (χ1) is 7.27. The van der Waals surface area contributed by atoms with E-state index in [4.69, 9.17) is 0 Å². The fraction of sp³-hybridized carbons (Fsp3) is 0.538. The molecule has 0 radical (unpaired) electrons. The first kappa shape index (κ1) is 10.6. The van der Waals surface area contributed by atoms with Gasteiger partial charge in [0, 0.05) is 18.5 Å². The third-order valence-corrected chi connectivity index (χ3v) is 3.37. The van der Waals surface area contributed by atoms with Crippen LogP contribution in [0.2, 0.25) is 0 Å². The fourth-order valence-corrected chi connectivity index (χ4v) is 2.29. The third kappa shape index (κ3) is 2.05. The zero-order valence-corrected chi connectivity index (χ0v) is 9.22. The molecule has 0 saturated carbocycles. The smallest absolute Gasteiger partial charge is 0.123 e. The molecule has 1 aliphatic heterocycles. The van der Waals surface area contributed by atoms with Crippen molar-refractivity contribution in [3.63, 3.8) is 0 Å². The summed E-state index contributed by atoms with van der Waals surface area (Å²) in [6.45, 7) is 4.19. The number of hydrogen-bond acceptors (Lipinski definition) is 1. The lowest BCUT2D eigenvalue weighted by Crippen LogP contribution is -2.56. The van der Waals surface area contributed by atoms with Gasteiger partial charge in [-0.3, -0.25) is 0 Å². The predicted octanol–water partition coefficient (Wildman–Crippen LogP) is 2.86. The zero-order valence-electron chi connectivity index (χ0n) is 9.22. The summed E-state index contributed by atoms with van der Waals surface area (Å²) in [4.78, 5) is 0. The van der Waals surface area contributed by atoms with Gasteiger partial charge in [-0.15, -0.1) is 0 Å². The summed E-state index contributed by atoms with van der Waals surface area (Å²) in [5, 5.41) is 3.31. The molecule has 0 aromatic heterocycles. The number of unbranched alkanes of at least 4 members (excludes halogenated alkanes) is 1. The molecule has 1 aromatic carbocycles. The second kappa shape index (κ2) is 4.31. The lowest BCUT2D eigenvalue weighted by Gasteiger charge is -2.43. The molecule has 1 heterocycles. The summed E-state index contributed by atoms with van der Waals surface area (Å²) in [5.74, 6) is -0.115. The second-order valence-electron chi connectivity index (χ2n) is 4.50. The van der Waals surface area contributed by atoms with Gasteiger partial charge >= 0.3 is 0 Å². The average molecular weight is 207 g/mol. The molecule has 0 unspecified atom stereocenters. The lowest BCUT2D eigenvalue weighted by molar-refractivity contribution is 0.251. The number of hydrogen-bond donors (Lipinski definition) is 1. The summed E-state index contributed by atoms with van der Waals surface area (Å²) >= 11 is 0. The Bertz CT molecular complexity index is 331. The summed E-state index contributed by atoms with van der Waals surface area (Å²) in [5.41, 5.74) is 1.37. The van der Waals surface area contributed by atoms with Crippen LogP contribution in [-0.4, -0.2) is 13.1 Å². The van der Waals surface area contributed by atoms with Crippen molar-refractivity contribution in [2.45, 2.75) is 31.6 Å². The molecule has 2 heteroatoms. The molecule has 1 aromatic rings. The normalized spacial score (nSPS) is 18.5. The molecule has 2 rings (SSSR count). The Morgan fingerprint density at radius 2 is 2.20 bits per heavy atom. The number of benzene rings is 1.